The summed E-state index contributed by atoms with van der Waals surface area (Å²) in [6.45, 7) is -0.196. The number of nitrogens with one attached hydrogen (secondary N) is 1. The lowest BCUT2D eigenvalue weighted by atomic mass is 10.3. The van der Waals surface area contributed by atoms with Crippen LogP contribution in [-0.4, -0.2) is 39.6 Å². The van der Waals surface area contributed by atoms with Crippen molar-refractivity contribution in [2.24, 2.45) is 0 Å². The molecule has 1 aromatic carbocycles. The van der Waals surface area contributed by atoms with Crippen LogP contribution in [0.1, 0.15) is 12.7 Å². The first kappa shape index (κ1) is 16.9. The van der Waals surface area contributed by atoms with Gasteiger partial charge in [-0.2, -0.15) is 13.2 Å². The molecule has 6 nitrogen and oxygen atoms in total. The molecule has 0 bridgehead atoms. The maximum absolute atomic E-state index is 12.1. The largest absolute Gasteiger partial charge is 0.411 e. The summed E-state index contributed by atoms with van der Waals surface area (Å²) >= 11 is 0. The molecule has 0 spiro atoms. The molecule has 1 atom stereocenters. The van der Waals surface area contributed by atoms with E-state index in [1.165, 1.54) is 13.3 Å². The predicted octanol–water partition coefficient (Wildman–Crippen LogP) is 1.85. The molecular formula is C14H15F3N4O2. The smallest absolute Gasteiger partial charge is 0.359 e. The Morgan fingerprint density at radius 1 is 1.35 bits per heavy atom. The number of rotatable bonds is 6. The van der Waals surface area contributed by atoms with Crippen LogP contribution in [0.4, 0.5) is 13.2 Å². The summed E-state index contributed by atoms with van der Waals surface area (Å²) in [4.78, 5) is 11.7. The number of hydrogen-bond acceptors (Lipinski definition) is 4. The summed E-state index contributed by atoms with van der Waals surface area (Å²) in [5.74, 6) is -0.204. The first-order chi connectivity index (χ1) is 10.9. The number of amides is 1. The highest BCUT2D eigenvalue weighted by Crippen LogP contribution is 2.15. The standard InChI is InChI=1S/C14H15F3N4O2/c1-10(23-8-14(15,16)17)13(22)18-7-12-20-19-9-21(12)11-5-3-2-4-6-11/h2-6,9-10H,7-8H2,1H3,(H,18,22)/t10-/m1/s1. The average molecular weight is 328 g/mol. The summed E-state index contributed by atoms with van der Waals surface area (Å²) in [6, 6.07) is 9.21. The molecule has 0 aliphatic heterocycles. The molecule has 124 valence electrons. The second-order valence-corrected chi connectivity index (χ2v) is 4.74. The van der Waals surface area contributed by atoms with Crippen LogP contribution in [0, 0.1) is 0 Å². The monoisotopic (exact) mass is 328 g/mol. The van der Waals surface area contributed by atoms with E-state index in [4.69, 9.17) is 0 Å². The van der Waals surface area contributed by atoms with Crippen LogP contribution in [0.5, 0.6) is 0 Å². The fourth-order valence-electron chi connectivity index (χ4n) is 1.79. The Hall–Kier alpha value is -2.42. The van der Waals surface area contributed by atoms with Gasteiger partial charge in [-0.25, -0.2) is 0 Å². The Kier molecular flexibility index (Phi) is 5.32. The van der Waals surface area contributed by atoms with E-state index < -0.39 is 24.8 Å². The molecule has 0 unspecified atom stereocenters. The molecule has 0 fully saturated rings. The number of aromatic nitrogens is 3. The van der Waals surface area contributed by atoms with Crippen LogP contribution in [0.25, 0.3) is 5.69 Å². The third-order valence-electron chi connectivity index (χ3n) is 2.94. The van der Waals surface area contributed by atoms with Crippen molar-refractivity contribution < 1.29 is 22.7 Å². The van der Waals surface area contributed by atoms with Gasteiger partial charge >= 0.3 is 6.18 Å². The molecule has 0 aliphatic carbocycles. The number of carbonyl (C=O) groups is 1. The SMILES string of the molecule is C[C@@H](OCC(F)(F)F)C(=O)NCc1nncn1-c1ccccc1. The minimum Gasteiger partial charge on any atom is -0.359 e. The number of hydrogen-bond donors (Lipinski definition) is 1. The summed E-state index contributed by atoms with van der Waals surface area (Å²) in [6.07, 6.45) is -4.20. The summed E-state index contributed by atoms with van der Waals surface area (Å²) in [7, 11) is 0. The fraction of sp³-hybridized carbons (Fsp3) is 0.357. The molecule has 1 N–H and O–H groups in total. The van der Waals surface area contributed by atoms with E-state index in [2.05, 4.69) is 20.3 Å². The number of nitrogens with zero attached hydrogens (tertiary/aromatic N) is 3. The van der Waals surface area contributed by atoms with Crippen LogP contribution in [0.2, 0.25) is 0 Å². The number of ether oxygens (including phenoxy) is 1. The second kappa shape index (κ2) is 7.23. The van der Waals surface area contributed by atoms with Crippen molar-refractivity contribution in [1.29, 1.82) is 0 Å². The van der Waals surface area contributed by atoms with Crippen molar-refractivity contribution in [1.82, 2.24) is 20.1 Å². The number of carbonyl (C=O) groups excluding carboxylic acids is 1. The van der Waals surface area contributed by atoms with E-state index in [0.29, 0.717) is 5.82 Å². The lowest BCUT2D eigenvalue weighted by Gasteiger charge is -2.14. The molecular weight excluding hydrogens is 313 g/mol. The van der Waals surface area contributed by atoms with Crippen molar-refractivity contribution in [2.45, 2.75) is 25.7 Å². The van der Waals surface area contributed by atoms with Crippen LogP contribution < -0.4 is 5.32 Å². The van der Waals surface area contributed by atoms with Crippen molar-refractivity contribution in [3.63, 3.8) is 0 Å². The van der Waals surface area contributed by atoms with Crippen molar-refractivity contribution >= 4 is 5.91 Å². The van der Waals surface area contributed by atoms with Gasteiger partial charge in [-0.05, 0) is 19.1 Å². The number of benzene rings is 1. The van der Waals surface area contributed by atoms with E-state index in [9.17, 15) is 18.0 Å². The fourth-order valence-corrected chi connectivity index (χ4v) is 1.79. The highest BCUT2D eigenvalue weighted by Gasteiger charge is 2.29. The second-order valence-electron chi connectivity index (χ2n) is 4.74. The third kappa shape index (κ3) is 5.06. The maximum atomic E-state index is 12.1. The van der Waals surface area contributed by atoms with Gasteiger partial charge in [0.25, 0.3) is 0 Å². The van der Waals surface area contributed by atoms with Gasteiger partial charge < -0.3 is 10.1 Å². The number of halogens is 3. The van der Waals surface area contributed by atoms with E-state index in [1.54, 1.807) is 4.57 Å². The van der Waals surface area contributed by atoms with Crippen molar-refractivity contribution in [3.8, 4) is 5.69 Å². The molecule has 23 heavy (non-hydrogen) atoms. The summed E-state index contributed by atoms with van der Waals surface area (Å²) < 4.78 is 42.3. The number of para-hydroxylation sites is 1. The van der Waals surface area contributed by atoms with Gasteiger partial charge in [0.2, 0.25) is 5.91 Å². The predicted molar refractivity (Wildman–Crippen MR) is 74.7 cm³/mol. The van der Waals surface area contributed by atoms with E-state index in [1.807, 2.05) is 30.3 Å². The Morgan fingerprint density at radius 2 is 2.04 bits per heavy atom. The molecule has 1 amide bonds. The first-order valence-electron chi connectivity index (χ1n) is 6.77. The van der Waals surface area contributed by atoms with Gasteiger partial charge in [0, 0.05) is 5.69 Å². The Balaban J connectivity index is 1.92. The molecule has 0 saturated heterocycles. The number of alkyl halides is 3. The van der Waals surface area contributed by atoms with Gasteiger partial charge in [0.1, 0.15) is 19.0 Å². The van der Waals surface area contributed by atoms with E-state index in [0.717, 1.165) is 5.69 Å². The average Bonchev–Trinajstić information content (AvgIpc) is 2.99. The zero-order valence-electron chi connectivity index (χ0n) is 12.2. The Morgan fingerprint density at radius 3 is 2.70 bits per heavy atom. The van der Waals surface area contributed by atoms with Crippen LogP contribution in [0.15, 0.2) is 36.7 Å². The topological polar surface area (TPSA) is 69.0 Å². The minimum absolute atomic E-state index is 0.0213. The van der Waals surface area contributed by atoms with Crippen LogP contribution in [0.3, 0.4) is 0 Å². The third-order valence-corrected chi connectivity index (χ3v) is 2.94. The quantitative estimate of drug-likeness (QED) is 0.879. The molecule has 2 aromatic rings. The van der Waals surface area contributed by atoms with Crippen LogP contribution in [-0.2, 0) is 16.1 Å². The summed E-state index contributed by atoms with van der Waals surface area (Å²) in [5, 5.41) is 10.1. The first-order valence-corrected chi connectivity index (χ1v) is 6.77. The van der Waals surface area contributed by atoms with Crippen molar-refractivity contribution in [3.05, 3.63) is 42.5 Å². The lowest BCUT2D eigenvalue weighted by Crippen LogP contribution is -2.36. The van der Waals surface area contributed by atoms with E-state index in [-0.39, 0.29) is 6.54 Å². The minimum atomic E-state index is -4.47. The Bertz CT molecular complexity index is 643. The van der Waals surface area contributed by atoms with Gasteiger partial charge in [0.15, 0.2) is 5.82 Å². The molecule has 0 aliphatic rings. The van der Waals surface area contributed by atoms with Crippen molar-refractivity contribution in [2.75, 3.05) is 6.61 Å². The zero-order chi connectivity index (χ0) is 16.9. The lowest BCUT2D eigenvalue weighted by molar-refractivity contribution is -0.185. The summed E-state index contributed by atoms with van der Waals surface area (Å²) in [5.41, 5.74) is 0.808. The molecule has 0 saturated carbocycles. The molecule has 9 heteroatoms. The zero-order valence-corrected chi connectivity index (χ0v) is 12.2. The van der Waals surface area contributed by atoms with Gasteiger partial charge in [0.05, 0.1) is 6.54 Å². The highest BCUT2D eigenvalue weighted by atomic mass is 19.4. The normalized spacial score (nSPS) is 12.9. The van der Waals surface area contributed by atoms with E-state index >= 15 is 0 Å². The molecule has 2 rings (SSSR count). The van der Waals surface area contributed by atoms with Gasteiger partial charge in [-0.3, -0.25) is 9.36 Å². The van der Waals surface area contributed by atoms with Gasteiger partial charge in [-0.15, -0.1) is 10.2 Å². The van der Waals surface area contributed by atoms with Crippen LogP contribution >= 0.6 is 0 Å². The maximum Gasteiger partial charge on any atom is 0.411 e. The highest BCUT2D eigenvalue weighted by molar-refractivity contribution is 5.80. The Labute approximate surface area is 130 Å². The molecule has 0 radical (unpaired) electrons. The molecule has 1 heterocycles. The molecule has 1 aromatic heterocycles. The van der Waals surface area contributed by atoms with Gasteiger partial charge in [-0.1, -0.05) is 18.2 Å².